The Morgan fingerprint density at radius 3 is 1.76 bits per heavy atom. The van der Waals surface area contributed by atoms with Crippen molar-refractivity contribution in [3.63, 3.8) is 0 Å². The maximum Gasteiger partial charge on any atom is 0.398 e. The molecule has 0 spiro atoms. The highest BCUT2D eigenvalue weighted by Crippen LogP contribution is 2.35. The number of pyridine rings is 4. The predicted octanol–water partition coefficient (Wildman–Crippen LogP) is 7.10. The van der Waals surface area contributed by atoms with Gasteiger partial charge in [0.2, 0.25) is 0 Å². The molecule has 6 rings (SSSR count). The van der Waals surface area contributed by atoms with Crippen molar-refractivity contribution in [3.05, 3.63) is 84.4 Å². The molecule has 0 aliphatic heterocycles. The van der Waals surface area contributed by atoms with Crippen LogP contribution in [-0.2, 0) is 9.53 Å². The summed E-state index contributed by atoms with van der Waals surface area (Å²) >= 11 is 2.01. The van der Waals surface area contributed by atoms with E-state index >= 15 is 0 Å². The maximum absolute atomic E-state index is 12.5. The molecular weight excluding hydrogens is 642 g/mol. The Hall–Kier alpha value is -5.02. The smallest absolute Gasteiger partial charge is 0.398 e. The largest absolute Gasteiger partial charge is 0.468 e. The van der Waals surface area contributed by atoms with E-state index in [0.29, 0.717) is 44.3 Å². The molecule has 4 aromatic heterocycles. The minimum absolute atomic E-state index is 0.186. The number of halogens is 3. The number of methoxy groups -OCH3 is 1. The summed E-state index contributed by atoms with van der Waals surface area (Å²) in [7, 11) is 1.36. The van der Waals surface area contributed by atoms with Crippen molar-refractivity contribution in [1.29, 1.82) is 0 Å². The zero-order valence-corrected chi connectivity index (χ0v) is 25.5. The van der Waals surface area contributed by atoms with Crippen molar-refractivity contribution in [2.45, 2.75) is 16.0 Å². The summed E-state index contributed by atoms with van der Waals surface area (Å²) < 4.78 is 42.3. The first-order valence-corrected chi connectivity index (χ1v) is 15.3. The van der Waals surface area contributed by atoms with Gasteiger partial charge in [-0.2, -0.15) is 13.2 Å². The van der Waals surface area contributed by atoms with Crippen molar-refractivity contribution in [2.24, 2.45) is 10.3 Å². The molecule has 2 N–H and O–H groups in total. The van der Waals surface area contributed by atoms with Crippen LogP contribution in [0.3, 0.4) is 0 Å². The number of benzene rings is 2. The Morgan fingerprint density at radius 2 is 1.30 bits per heavy atom. The van der Waals surface area contributed by atoms with Gasteiger partial charge >= 0.3 is 12.1 Å². The molecule has 0 bridgehead atoms. The first-order chi connectivity index (χ1) is 22.2. The SMILES string of the molecule is COC(=O)CSc1cc(C=NO)nc2c1ccc1cccnc12.ON=Cc1cc(SCC(F)(F)F)c2ccc3cccnc3c2n1. The lowest BCUT2D eigenvalue weighted by Gasteiger charge is -2.10. The fraction of sp³-hybridized carbons (Fsp3) is 0.129. The lowest BCUT2D eigenvalue weighted by Crippen LogP contribution is -2.10. The Labute approximate surface area is 267 Å². The summed E-state index contributed by atoms with van der Waals surface area (Å²) in [5.41, 5.74) is 3.29. The zero-order valence-electron chi connectivity index (χ0n) is 23.8. The molecule has 6 aromatic rings. The molecule has 15 heteroatoms. The second kappa shape index (κ2) is 14.4. The Morgan fingerprint density at radius 1 is 0.804 bits per heavy atom. The van der Waals surface area contributed by atoms with E-state index in [1.165, 1.54) is 31.2 Å². The summed E-state index contributed by atoms with van der Waals surface area (Å²) in [5.74, 6) is -1.13. The Balaban J connectivity index is 0.000000181. The normalized spacial score (nSPS) is 11.9. The number of oxime groups is 2. The molecule has 0 radical (unpaired) electrons. The molecule has 234 valence electrons. The topological polar surface area (TPSA) is 143 Å². The van der Waals surface area contributed by atoms with Crippen molar-refractivity contribution in [3.8, 4) is 0 Å². The highest BCUT2D eigenvalue weighted by Gasteiger charge is 2.28. The van der Waals surface area contributed by atoms with E-state index in [1.807, 2.05) is 30.3 Å². The average Bonchev–Trinajstić information content (AvgIpc) is 3.06. The van der Waals surface area contributed by atoms with E-state index in [0.717, 1.165) is 32.8 Å². The van der Waals surface area contributed by atoms with Crippen LogP contribution in [0, 0.1) is 0 Å². The standard InChI is InChI=1S/C16H13N3O3S.C15H10F3N3OS/c1-22-14(20)9-23-13-7-11(8-18-21)19-16-12(13)5-4-10-3-2-6-17-15(10)16;16-15(17,18)8-23-12-6-10(7-20-22)21-14-11(12)4-3-9-2-1-5-19-13(9)14/h2-8,21H,9H2,1H3;1-7,22H,8H2. The van der Waals surface area contributed by atoms with Crippen LogP contribution in [0.2, 0.25) is 0 Å². The molecule has 0 aliphatic carbocycles. The van der Waals surface area contributed by atoms with Gasteiger partial charge in [-0.25, -0.2) is 9.97 Å². The van der Waals surface area contributed by atoms with Crippen LogP contribution in [0.5, 0.6) is 0 Å². The van der Waals surface area contributed by atoms with E-state index in [2.05, 4.69) is 35.0 Å². The van der Waals surface area contributed by atoms with Crippen LogP contribution >= 0.6 is 23.5 Å². The Kier molecular flexibility index (Phi) is 10.1. The number of carbonyl (C=O) groups excluding carboxylic acids is 1. The summed E-state index contributed by atoms with van der Waals surface area (Å²) in [5, 5.41) is 26.7. The van der Waals surface area contributed by atoms with Crippen LogP contribution in [0.4, 0.5) is 13.2 Å². The quantitative estimate of drug-likeness (QED) is 0.0453. The molecule has 0 fully saturated rings. The summed E-state index contributed by atoms with van der Waals surface area (Å²) in [6.07, 6.45) is 1.36. The molecule has 10 nitrogen and oxygen atoms in total. The van der Waals surface area contributed by atoms with Crippen LogP contribution in [0.25, 0.3) is 43.6 Å². The summed E-state index contributed by atoms with van der Waals surface area (Å²) in [4.78, 5) is 30.2. The van der Waals surface area contributed by atoms with Crippen molar-refractivity contribution in [1.82, 2.24) is 19.9 Å². The Bertz CT molecular complexity index is 2110. The van der Waals surface area contributed by atoms with Gasteiger partial charge in [-0.05, 0) is 24.3 Å². The molecule has 0 aliphatic rings. The number of alkyl halides is 3. The molecule has 4 heterocycles. The number of carbonyl (C=O) groups is 1. The lowest BCUT2D eigenvalue weighted by molar-refractivity contribution is -0.137. The van der Waals surface area contributed by atoms with Crippen molar-refractivity contribution >= 4 is 85.5 Å². The molecular formula is C31H23F3N6O4S2. The lowest BCUT2D eigenvalue weighted by atomic mass is 10.1. The number of hydrogen-bond donors (Lipinski definition) is 2. The number of nitrogens with zero attached hydrogens (tertiary/aromatic N) is 6. The number of esters is 1. The summed E-state index contributed by atoms with van der Waals surface area (Å²) in [6.45, 7) is 0. The highest BCUT2D eigenvalue weighted by molar-refractivity contribution is 8.00. The van der Waals surface area contributed by atoms with Crippen LogP contribution in [0.1, 0.15) is 11.4 Å². The third-order valence-corrected chi connectivity index (χ3v) is 8.56. The van der Waals surface area contributed by atoms with E-state index in [4.69, 9.17) is 10.4 Å². The molecule has 0 saturated heterocycles. The molecule has 46 heavy (non-hydrogen) atoms. The van der Waals surface area contributed by atoms with E-state index in [9.17, 15) is 18.0 Å². The maximum atomic E-state index is 12.5. The van der Waals surface area contributed by atoms with Gasteiger partial charge < -0.3 is 15.2 Å². The molecule has 0 amide bonds. The molecule has 0 saturated carbocycles. The molecule has 2 aromatic carbocycles. The van der Waals surface area contributed by atoms with E-state index < -0.39 is 11.9 Å². The van der Waals surface area contributed by atoms with Crippen molar-refractivity contribution < 1.29 is 33.1 Å². The summed E-state index contributed by atoms with van der Waals surface area (Å²) in [6, 6.07) is 18.1. The zero-order chi connectivity index (χ0) is 32.7. The van der Waals surface area contributed by atoms with Gasteiger partial charge in [0.25, 0.3) is 0 Å². The van der Waals surface area contributed by atoms with Crippen LogP contribution in [0.15, 0.2) is 93.2 Å². The number of thioether (sulfide) groups is 2. The highest BCUT2D eigenvalue weighted by atomic mass is 32.2. The van der Waals surface area contributed by atoms with Gasteiger partial charge in [0.15, 0.2) is 0 Å². The van der Waals surface area contributed by atoms with E-state index in [-0.39, 0.29) is 17.4 Å². The van der Waals surface area contributed by atoms with Gasteiger partial charge in [0, 0.05) is 43.7 Å². The predicted molar refractivity (Wildman–Crippen MR) is 172 cm³/mol. The fourth-order valence-corrected chi connectivity index (χ4v) is 6.23. The molecule has 0 unspecified atom stereocenters. The fourth-order valence-electron chi connectivity index (χ4n) is 4.47. The number of aromatic nitrogens is 4. The van der Waals surface area contributed by atoms with Crippen molar-refractivity contribution in [2.75, 3.05) is 18.6 Å². The van der Waals surface area contributed by atoms with Gasteiger partial charge in [0.1, 0.15) is 0 Å². The first kappa shape index (κ1) is 32.4. The van der Waals surface area contributed by atoms with E-state index in [1.54, 1.807) is 36.7 Å². The number of rotatable bonds is 7. The minimum atomic E-state index is -4.28. The molecule has 0 atom stereocenters. The van der Waals surface area contributed by atoms with Gasteiger partial charge in [-0.3, -0.25) is 14.8 Å². The number of hydrogen-bond acceptors (Lipinski definition) is 12. The minimum Gasteiger partial charge on any atom is -0.468 e. The van der Waals surface area contributed by atoms with Gasteiger partial charge in [-0.1, -0.05) is 46.7 Å². The second-order valence-electron chi connectivity index (χ2n) is 9.42. The van der Waals surface area contributed by atoms with Crippen LogP contribution < -0.4 is 0 Å². The third-order valence-electron chi connectivity index (χ3n) is 6.41. The first-order valence-electron chi connectivity index (χ1n) is 13.3. The van der Waals surface area contributed by atoms with Gasteiger partial charge in [0.05, 0.1) is 64.5 Å². The van der Waals surface area contributed by atoms with Gasteiger partial charge in [-0.15, -0.1) is 23.5 Å². The second-order valence-corrected chi connectivity index (χ2v) is 11.5. The number of fused-ring (bicyclic) bond motifs is 6. The average molecular weight is 665 g/mol. The number of ether oxygens (including phenoxy) is 1. The third kappa shape index (κ3) is 7.61. The van der Waals surface area contributed by atoms with Crippen LogP contribution in [-0.4, -0.2) is 73.5 Å². The monoisotopic (exact) mass is 664 g/mol.